The van der Waals surface area contributed by atoms with Gasteiger partial charge in [0, 0.05) is 31.0 Å². The number of benzene rings is 2. The Hall–Kier alpha value is -3.43. The summed E-state index contributed by atoms with van der Waals surface area (Å²) in [5, 5.41) is 2.90. The lowest BCUT2D eigenvalue weighted by atomic mass is 9.98. The number of hydrogen-bond donors (Lipinski definition) is 1. The number of ether oxygens (including phenoxy) is 2. The van der Waals surface area contributed by atoms with E-state index in [1.807, 2.05) is 24.3 Å². The van der Waals surface area contributed by atoms with Crippen LogP contribution in [0.5, 0.6) is 11.5 Å². The van der Waals surface area contributed by atoms with Crippen molar-refractivity contribution in [3.8, 4) is 11.5 Å². The van der Waals surface area contributed by atoms with E-state index in [1.165, 1.54) is 23.5 Å². The molecule has 8 nitrogen and oxygen atoms in total. The van der Waals surface area contributed by atoms with E-state index in [2.05, 4.69) is 10.3 Å². The first-order valence-corrected chi connectivity index (χ1v) is 12.5. The number of aromatic nitrogens is 1. The molecule has 1 atom stereocenters. The highest BCUT2D eigenvalue weighted by molar-refractivity contribution is 7.89. The van der Waals surface area contributed by atoms with E-state index < -0.39 is 15.9 Å². The predicted octanol–water partition coefficient (Wildman–Crippen LogP) is 3.71. The molecule has 4 rings (SSSR count). The lowest BCUT2D eigenvalue weighted by Crippen LogP contribution is -2.43. The average molecular weight is 482 g/mol. The fourth-order valence-corrected chi connectivity index (χ4v) is 5.34. The second-order valence-corrected chi connectivity index (χ2v) is 9.94. The molecule has 2 heterocycles. The molecule has 1 amide bonds. The Kier molecular flexibility index (Phi) is 7.44. The SMILES string of the molecule is COc1ccc(S(=O)(=O)N2CCCC(C(=O)Nc3cccc(OCc4ccccn4)c3)C2)cc1. The maximum Gasteiger partial charge on any atom is 0.243 e. The third kappa shape index (κ3) is 5.73. The van der Waals surface area contributed by atoms with Gasteiger partial charge in [0.25, 0.3) is 0 Å². The largest absolute Gasteiger partial charge is 0.497 e. The molecular weight excluding hydrogens is 454 g/mol. The fourth-order valence-electron chi connectivity index (χ4n) is 3.82. The smallest absolute Gasteiger partial charge is 0.243 e. The van der Waals surface area contributed by atoms with Crippen molar-refractivity contribution in [1.29, 1.82) is 0 Å². The Morgan fingerprint density at radius 1 is 1.09 bits per heavy atom. The van der Waals surface area contributed by atoms with Gasteiger partial charge < -0.3 is 14.8 Å². The Morgan fingerprint density at radius 2 is 1.91 bits per heavy atom. The molecule has 1 saturated heterocycles. The van der Waals surface area contributed by atoms with Gasteiger partial charge in [-0.1, -0.05) is 12.1 Å². The predicted molar refractivity (Wildman–Crippen MR) is 128 cm³/mol. The Balaban J connectivity index is 1.38. The monoisotopic (exact) mass is 481 g/mol. The van der Waals surface area contributed by atoms with Crippen molar-refractivity contribution in [3.05, 3.63) is 78.6 Å². The zero-order valence-corrected chi connectivity index (χ0v) is 19.7. The Labute approximate surface area is 199 Å². The normalized spacial score (nSPS) is 16.6. The van der Waals surface area contributed by atoms with Gasteiger partial charge in [0.05, 0.1) is 23.6 Å². The first-order valence-electron chi connectivity index (χ1n) is 11.0. The summed E-state index contributed by atoms with van der Waals surface area (Å²) in [6, 6.07) is 19.0. The second-order valence-electron chi connectivity index (χ2n) is 8.00. The van der Waals surface area contributed by atoms with Gasteiger partial charge in [-0.3, -0.25) is 9.78 Å². The van der Waals surface area contributed by atoms with Gasteiger partial charge in [0.1, 0.15) is 18.1 Å². The summed E-state index contributed by atoms with van der Waals surface area (Å²) in [4.78, 5) is 17.4. The number of carbonyl (C=O) groups excluding carboxylic acids is 1. The molecule has 9 heteroatoms. The molecule has 2 aromatic carbocycles. The molecular formula is C25H27N3O5S. The lowest BCUT2D eigenvalue weighted by molar-refractivity contribution is -0.120. The van der Waals surface area contributed by atoms with E-state index in [4.69, 9.17) is 9.47 Å². The van der Waals surface area contributed by atoms with E-state index in [0.29, 0.717) is 43.2 Å². The maximum absolute atomic E-state index is 13.1. The first kappa shape index (κ1) is 23.7. The topological polar surface area (TPSA) is 97.8 Å². The van der Waals surface area contributed by atoms with Gasteiger partial charge >= 0.3 is 0 Å². The van der Waals surface area contributed by atoms with Crippen molar-refractivity contribution in [2.24, 2.45) is 5.92 Å². The number of amides is 1. The van der Waals surface area contributed by atoms with E-state index >= 15 is 0 Å². The van der Waals surface area contributed by atoms with Crippen LogP contribution in [0.1, 0.15) is 18.5 Å². The van der Waals surface area contributed by atoms with Gasteiger partial charge in [-0.05, 0) is 61.4 Å². The van der Waals surface area contributed by atoms with Crippen molar-refractivity contribution in [2.75, 3.05) is 25.5 Å². The minimum absolute atomic E-state index is 0.135. The summed E-state index contributed by atoms with van der Waals surface area (Å²) in [6.45, 7) is 0.837. The molecule has 1 aliphatic heterocycles. The zero-order valence-electron chi connectivity index (χ0n) is 18.9. The number of sulfonamides is 1. The molecule has 34 heavy (non-hydrogen) atoms. The van der Waals surface area contributed by atoms with Gasteiger partial charge in [-0.2, -0.15) is 4.31 Å². The highest BCUT2D eigenvalue weighted by Crippen LogP contribution is 2.26. The molecule has 0 aliphatic carbocycles. The number of anilines is 1. The first-order chi connectivity index (χ1) is 16.5. The van der Waals surface area contributed by atoms with E-state index in [0.717, 1.165) is 5.69 Å². The minimum Gasteiger partial charge on any atom is -0.497 e. The molecule has 1 unspecified atom stereocenters. The summed E-state index contributed by atoms with van der Waals surface area (Å²) in [7, 11) is -2.17. The van der Waals surface area contributed by atoms with Crippen LogP contribution in [0.4, 0.5) is 5.69 Å². The molecule has 0 spiro atoms. The maximum atomic E-state index is 13.1. The molecule has 1 fully saturated rings. The van der Waals surface area contributed by atoms with E-state index in [9.17, 15) is 13.2 Å². The summed E-state index contributed by atoms with van der Waals surface area (Å²) in [5.41, 5.74) is 1.40. The van der Waals surface area contributed by atoms with Crippen LogP contribution < -0.4 is 14.8 Å². The number of nitrogens with one attached hydrogen (secondary N) is 1. The summed E-state index contributed by atoms with van der Waals surface area (Å²) >= 11 is 0. The second kappa shape index (κ2) is 10.7. The van der Waals surface area contributed by atoms with Crippen LogP contribution in [-0.4, -0.2) is 43.8 Å². The molecule has 0 radical (unpaired) electrons. The van der Waals surface area contributed by atoms with Gasteiger partial charge in [0.15, 0.2) is 0 Å². The number of hydrogen-bond acceptors (Lipinski definition) is 6. The van der Waals surface area contributed by atoms with Crippen LogP contribution in [0.25, 0.3) is 0 Å². The molecule has 0 saturated carbocycles. The highest BCUT2D eigenvalue weighted by atomic mass is 32.2. The Morgan fingerprint density at radius 3 is 2.65 bits per heavy atom. The van der Waals surface area contributed by atoms with Crippen LogP contribution in [-0.2, 0) is 21.4 Å². The van der Waals surface area contributed by atoms with Crippen molar-refractivity contribution in [2.45, 2.75) is 24.3 Å². The van der Waals surface area contributed by atoms with Crippen LogP contribution in [0.15, 0.2) is 77.8 Å². The van der Waals surface area contributed by atoms with Crippen LogP contribution in [0, 0.1) is 5.92 Å². The van der Waals surface area contributed by atoms with Crippen LogP contribution >= 0.6 is 0 Å². The highest BCUT2D eigenvalue weighted by Gasteiger charge is 2.33. The average Bonchev–Trinajstić information content (AvgIpc) is 2.88. The standard InChI is InChI=1S/C25H27N3O5S/c1-32-22-10-12-24(13-11-22)34(30,31)28-15-5-6-19(17-28)25(29)27-20-8-4-9-23(16-20)33-18-21-7-2-3-14-26-21/h2-4,7-14,16,19H,5-6,15,17-18H2,1H3,(H,27,29). The van der Waals surface area contributed by atoms with E-state index in [1.54, 1.807) is 36.5 Å². The third-order valence-corrected chi connectivity index (χ3v) is 7.55. The number of methoxy groups -OCH3 is 1. The molecule has 1 aliphatic rings. The number of pyridine rings is 1. The molecule has 0 bridgehead atoms. The molecule has 1 aromatic heterocycles. The zero-order chi connectivity index (χ0) is 24.0. The summed E-state index contributed by atoms with van der Waals surface area (Å²) in [6.07, 6.45) is 2.94. The third-order valence-electron chi connectivity index (χ3n) is 5.67. The number of piperidine rings is 1. The van der Waals surface area contributed by atoms with Gasteiger partial charge in [-0.15, -0.1) is 0 Å². The fraction of sp³-hybridized carbons (Fsp3) is 0.280. The molecule has 1 N–H and O–H groups in total. The number of carbonyl (C=O) groups is 1. The van der Waals surface area contributed by atoms with E-state index in [-0.39, 0.29) is 17.3 Å². The summed E-state index contributed by atoms with van der Waals surface area (Å²) < 4.78 is 38.4. The Bertz CT molecular complexity index is 1220. The van der Waals surface area contributed by atoms with Crippen LogP contribution in [0.3, 0.4) is 0 Å². The quantitative estimate of drug-likeness (QED) is 0.527. The summed E-state index contributed by atoms with van der Waals surface area (Å²) in [5.74, 6) is 0.535. The van der Waals surface area contributed by atoms with Crippen molar-refractivity contribution < 1.29 is 22.7 Å². The van der Waals surface area contributed by atoms with Crippen molar-refractivity contribution in [3.63, 3.8) is 0 Å². The van der Waals surface area contributed by atoms with Crippen molar-refractivity contribution >= 4 is 21.6 Å². The number of nitrogens with zero attached hydrogens (tertiary/aromatic N) is 2. The van der Waals surface area contributed by atoms with Gasteiger partial charge in [-0.25, -0.2) is 8.42 Å². The lowest BCUT2D eigenvalue weighted by Gasteiger charge is -2.31. The number of rotatable bonds is 8. The molecule has 3 aromatic rings. The van der Waals surface area contributed by atoms with Crippen LogP contribution in [0.2, 0.25) is 0 Å². The molecule has 178 valence electrons. The van der Waals surface area contributed by atoms with Crippen molar-refractivity contribution in [1.82, 2.24) is 9.29 Å². The minimum atomic E-state index is -3.69. The van der Waals surface area contributed by atoms with Gasteiger partial charge in [0.2, 0.25) is 15.9 Å².